The number of carbonyl (C=O) groups is 4. The Morgan fingerprint density at radius 1 is 1.11 bits per heavy atom. The number of hydrogen-bond acceptors (Lipinski definition) is 11. The van der Waals surface area contributed by atoms with E-state index >= 15 is 0 Å². The summed E-state index contributed by atoms with van der Waals surface area (Å²) >= 11 is 1.91. The first-order chi connectivity index (χ1) is 21.1. The van der Waals surface area contributed by atoms with Crippen LogP contribution in [0, 0.1) is 17.8 Å². The molecule has 0 aromatic carbocycles. The second-order valence-corrected chi connectivity index (χ2v) is 13.3. The van der Waals surface area contributed by atoms with Crippen LogP contribution in [0.4, 0.5) is 13.2 Å². The summed E-state index contributed by atoms with van der Waals surface area (Å²) in [6.07, 6.45) is -4.81. The van der Waals surface area contributed by atoms with Crippen LogP contribution in [0.2, 0.25) is 0 Å². The lowest BCUT2D eigenvalue weighted by molar-refractivity contribution is -0.149. The molecular weight excluding hydrogens is 637 g/mol. The molecule has 2 amide bonds. The third kappa shape index (κ3) is 10.5. The van der Waals surface area contributed by atoms with Crippen molar-refractivity contribution in [1.82, 2.24) is 20.2 Å². The van der Waals surface area contributed by atoms with Gasteiger partial charge >= 0.3 is 18.1 Å². The van der Waals surface area contributed by atoms with Gasteiger partial charge in [0.25, 0.3) is 5.91 Å². The molecule has 2 aromatic rings. The molecule has 0 aliphatic carbocycles. The molecule has 16 heteroatoms. The number of nitrogens with one attached hydrogen (secondary N) is 1. The number of hydrogen-bond donors (Lipinski definition) is 1. The summed E-state index contributed by atoms with van der Waals surface area (Å²) < 4.78 is 54.9. The number of ether oxygens (including phenoxy) is 3. The van der Waals surface area contributed by atoms with Gasteiger partial charge in [-0.1, -0.05) is 20.8 Å². The minimum absolute atomic E-state index is 0.00787. The predicted molar refractivity (Wildman–Crippen MR) is 159 cm³/mol. The first kappa shape index (κ1) is 36.4. The summed E-state index contributed by atoms with van der Waals surface area (Å²) in [4.78, 5) is 60.1. The summed E-state index contributed by atoms with van der Waals surface area (Å²) in [7, 11) is 2.94. The Bertz CT molecular complexity index is 1330. The molecule has 45 heavy (non-hydrogen) atoms. The van der Waals surface area contributed by atoms with Gasteiger partial charge in [0.1, 0.15) is 10.7 Å². The molecule has 3 rings (SSSR count). The lowest BCUT2D eigenvalue weighted by Gasteiger charge is -2.35. The Morgan fingerprint density at radius 3 is 2.33 bits per heavy atom. The van der Waals surface area contributed by atoms with Crippen LogP contribution >= 0.6 is 22.7 Å². The van der Waals surface area contributed by atoms with E-state index in [-0.39, 0.29) is 53.7 Å². The van der Waals surface area contributed by atoms with Gasteiger partial charge in [-0.15, -0.1) is 22.7 Å². The van der Waals surface area contributed by atoms with E-state index in [0.29, 0.717) is 24.6 Å². The molecule has 0 bridgehead atoms. The van der Waals surface area contributed by atoms with E-state index < -0.39 is 47.8 Å². The van der Waals surface area contributed by atoms with E-state index in [1.165, 1.54) is 19.4 Å². The monoisotopic (exact) mass is 676 g/mol. The zero-order chi connectivity index (χ0) is 33.5. The molecule has 1 aliphatic heterocycles. The van der Waals surface area contributed by atoms with Crippen LogP contribution < -0.4 is 5.32 Å². The number of nitrogens with zero attached hydrogens (tertiary/aromatic N) is 3. The zero-order valence-corrected chi connectivity index (χ0v) is 27.6. The maximum atomic E-state index is 13.3. The van der Waals surface area contributed by atoms with Gasteiger partial charge < -0.3 is 24.4 Å². The topological polar surface area (TPSA) is 137 Å². The van der Waals surface area contributed by atoms with Gasteiger partial charge in [0, 0.05) is 62.0 Å². The standard InChI is InChI=1S/C29H39F3N4O7S2/c1-15(2)21(36(5)25(38)8-18-11-42-12-18)10-22(43-17(4)37)27-34-20(13-45-27)26(39)33-19(7-16(3)28(40)41-6)9-24-35-23(14-44-24)29(30,31)32/h13-16,18-19,21-22H,7-12H2,1-6H3,(H,33,39)/t16-,19+,21?,22+/m0/s1. The molecule has 11 nitrogen and oxygen atoms in total. The minimum atomic E-state index is -4.61. The summed E-state index contributed by atoms with van der Waals surface area (Å²) in [6.45, 7) is 7.87. The number of methoxy groups -OCH3 is 1. The highest BCUT2D eigenvalue weighted by molar-refractivity contribution is 7.10. The molecule has 2 aromatic heterocycles. The normalized spacial score (nSPS) is 16.3. The Hall–Kier alpha value is -3.11. The summed E-state index contributed by atoms with van der Waals surface area (Å²) in [6, 6.07) is -1.06. The van der Waals surface area contributed by atoms with Crippen molar-refractivity contribution in [1.29, 1.82) is 0 Å². The number of halogens is 3. The molecule has 1 N–H and O–H groups in total. The molecule has 0 spiro atoms. The summed E-state index contributed by atoms with van der Waals surface area (Å²) in [5.41, 5.74) is -1.02. The van der Waals surface area contributed by atoms with Crippen molar-refractivity contribution in [3.05, 3.63) is 32.2 Å². The third-order valence-electron chi connectivity index (χ3n) is 7.46. The third-order valence-corrected chi connectivity index (χ3v) is 9.27. The Morgan fingerprint density at radius 2 is 1.80 bits per heavy atom. The van der Waals surface area contributed by atoms with Gasteiger partial charge in [0.15, 0.2) is 11.8 Å². The van der Waals surface area contributed by atoms with E-state index in [1.54, 1.807) is 18.9 Å². The van der Waals surface area contributed by atoms with E-state index in [4.69, 9.17) is 14.2 Å². The first-order valence-electron chi connectivity index (χ1n) is 14.4. The van der Waals surface area contributed by atoms with Crippen LogP contribution in [0.25, 0.3) is 0 Å². The summed E-state index contributed by atoms with van der Waals surface area (Å²) in [5.74, 6) is -2.22. The fourth-order valence-electron chi connectivity index (χ4n) is 4.94. The fourth-order valence-corrected chi connectivity index (χ4v) is 6.66. The SMILES string of the molecule is COC(=O)[C@@H](C)C[C@H](Cc1nc(C(F)(F)F)cs1)NC(=O)c1csc([C@@H](CC(C(C)C)N(C)C(=O)CC2COC2)OC(C)=O)n1. The maximum absolute atomic E-state index is 13.3. The van der Waals surface area contributed by atoms with Gasteiger partial charge in [0.05, 0.1) is 31.2 Å². The Balaban J connectivity index is 1.78. The van der Waals surface area contributed by atoms with Gasteiger partial charge in [-0.2, -0.15) is 13.2 Å². The number of alkyl halides is 3. The van der Waals surface area contributed by atoms with Crippen molar-refractivity contribution >= 4 is 46.4 Å². The molecule has 0 radical (unpaired) electrons. The van der Waals surface area contributed by atoms with Crippen molar-refractivity contribution in [2.45, 2.75) is 77.7 Å². The van der Waals surface area contributed by atoms with Crippen LogP contribution in [0.5, 0.6) is 0 Å². The van der Waals surface area contributed by atoms with Crippen molar-refractivity contribution in [2.75, 3.05) is 27.4 Å². The van der Waals surface area contributed by atoms with Gasteiger partial charge in [-0.25, -0.2) is 9.97 Å². The van der Waals surface area contributed by atoms with Crippen LogP contribution in [0.15, 0.2) is 10.8 Å². The Kier molecular flexibility index (Phi) is 12.9. The van der Waals surface area contributed by atoms with E-state index in [9.17, 15) is 32.3 Å². The molecule has 250 valence electrons. The first-order valence-corrected chi connectivity index (χ1v) is 16.2. The van der Waals surface area contributed by atoms with Crippen molar-refractivity contribution in [3.63, 3.8) is 0 Å². The molecule has 3 heterocycles. The van der Waals surface area contributed by atoms with Crippen LogP contribution in [-0.2, 0) is 41.2 Å². The fraction of sp³-hybridized carbons (Fsp3) is 0.655. The molecule has 1 saturated heterocycles. The molecule has 1 aliphatic rings. The lowest BCUT2D eigenvalue weighted by Crippen LogP contribution is -2.44. The minimum Gasteiger partial charge on any atom is -0.469 e. The molecule has 1 fully saturated rings. The Labute approximate surface area is 267 Å². The number of aromatic nitrogens is 2. The van der Waals surface area contributed by atoms with E-state index in [2.05, 4.69) is 15.3 Å². The molecule has 4 atom stereocenters. The van der Waals surface area contributed by atoms with Gasteiger partial charge in [-0.3, -0.25) is 19.2 Å². The van der Waals surface area contributed by atoms with Crippen molar-refractivity contribution in [2.24, 2.45) is 17.8 Å². The highest BCUT2D eigenvalue weighted by Crippen LogP contribution is 2.32. The predicted octanol–water partition coefficient (Wildman–Crippen LogP) is 4.67. The smallest absolute Gasteiger partial charge is 0.434 e. The number of amides is 2. The van der Waals surface area contributed by atoms with Crippen LogP contribution in [0.3, 0.4) is 0 Å². The lowest BCUT2D eigenvalue weighted by atomic mass is 9.95. The van der Waals surface area contributed by atoms with Crippen LogP contribution in [-0.4, -0.2) is 78.1 Å². The number of rotatable bonds is 15. The average Bonchev–Trinajstić information content (AvgIpc) is 3.62. The second-order valence-electron chi connectivity index (χ2n) is 11.5. The highest BCUT2D eigenvalue weighted by atomic mass is 32.1. The molecule has 0 saturated carbocycles. The van der Waals surface area contributed by atoms with Crippen molar-refractivity contribution < 1.29 is 46.6 Å². The average molecular weight is 677 g/mol. The van der Waals surface area contributed by atoms with E-state index in [0.717, 1.165) is 28.1 Å². The van der Waals surface area contributed by atoms with E-state index in [1.807, 2.05) is 13.8 Å². The van der Waals surface area contributed by atoms with Crippen molar-refractivity contribution in [3.8, 4) is 0 Å². The number of esters is 2. The molecule has 1 unspecified atom stereocenters. The van der Waals surface area contributed by atoms with Crippen LogP contribution in [0.1, 0.15) is 79.3 Å². The van der Waals surface area contributed by atoms with Gasteiger partial charge in [0.2, 0.25) is 5.91 Å². The zero-order valence-electron chi connectivity index (χ0n) is 26.0. The van der Waals surface area contributed by atoms with Gasteiger partial charge in [-0.05, 0) is 12.3 Å². The number of thiazole rings is 2. The molecular formula is C29H39F3N4O7S2. The number of carbonyl (C=O) groups excluding carboxylic acids is 4. The summed E-state index contributed by atoms with van der Waals surface area (Å²) in [5, 5.41) is 5.65. The maximum Gasteiger partial charge on any atom is 0.434 e. The quantitative estimate of drug-likeness (QED) is 0.267. The highest BCUT2D eigenvalue weighted by Gasteiger charge is 2.35. The second kappa shape index (κ2) is 15.9. The largest absolute Gasteiger partial charge is 0.469 e.